The predicted octanol–water partition coefficient (Wildman–Crippen LogP) is 2.20. The fourth-order valence-electron chi connectivity index (χ4n) is 1.65. The van der Waals surface area contributed by atoms with E-state index in [-0.39, 0.29) is 0 Å². The summed E-state index contributed by atoms with van der Waals surface area (Å²) in [6.07, 6.45) is 3.04. The molecule has 1 heterocycles. The lowest BCUT2D eigenvalue weighted by molar-refractivity contribution is 0.767. The van der Waals surface area contributed by atoms with Crippen molar-refractivity contribution < 1.29 is 0 Å². The Morgan fingerprint density at radius 3 is 2.94 bits per heavy atom. The van der Waals surface area contributed by atoms with Crippen LogP contribution in [0, 0.1) is 0 Å². The molecule has 0 amide bonds. The van der Waals surface area contributed by atoms with Crippen molar-refractivity contribution in [3.05, 3.63) is 36.5 Å². The Labute approximate surface area is 98.2 Å². The highest BCUT2D eigenvalue weighted by molar-refractivity contribution is 5.39. The van der Waals surface area contributed by atoms with E-state index in [1.165, 1.54) is 0 Å². The van der Waals surface area contributed by atoms with E-state index in [0.717, 1.165) is 37.6 Å². The van der Waals surface area contributed by atoms with E-state index in [1.54, 1.807) is 0 Å². The zero-order valence-electron chi connectivity index (χ0n) is 10.2. The average Bonchev–Trinajstić information content (AvgIpc) is 2.30. The summed E-state index contributed by atoms with van der Waals surface area (Å²) in [4.78, 5) is 6.86. The van der Waals surface area contributed by atoms with Crippen LogP contribution in [-0.4, -0.2) is 25.1 Å². The van der Waals surface area contributed by atoms with Crippen molar-refractivity contribution in [1.82, 2.24) is 10.3 Å². The van der Waals surface area contributed by atoms with Crippen molar-refractivity contribution in [3.8, 4) is 0 Å². The molecule has 3 nitrogen and oxygen atoms in total. The van der Waals surface area contributed by atoms with Crippen LogP contribution in [-0.2, 0) is 6.54 Å². The van der Waals surface area contributed by atoms with Crippen LogP contribution in [0.1, 0.15) is 19.0 Å². The summed E-state index contributed by atoms with van der Waals surface area (Å²) in [6.45, 7) is 8.63. The van der Waals surface area contributed by atoms with Crippen molar-refractivity contribution in [2.75, 3.05) is 25.0 Å². The maximum Gasteiger partial charge on any atom is 0.129 e. The Kier molecular flexibility index (Phi) is 5.57. The van der Waals surface area contributed by atoms with Crippen molar-refractivity contribution in [3.63, 3.8) is 0 Å². The number of nitrogens with zero attached hydrogens (tertiary/aromatic N) is 2. The van der Waals surface area contributed by atoms with Crippen LogP contribution < -0.4 is 10.2 Å². The molecular formula is C13H21N3. The van der Waals surface area contributed by atoms with Crippen LogP contribution in [0.3, 0.4) is 0 Å². The monoisotopic (exact) mass is 219 g/mol. The number of anilines is 1. The minimum Gasteiger partial charge on any atom is -0.353 e. The molecule has 0 saturated heterocycles. The van der Waals surface area contributed by atoms with E-state index in [2.05, 4.69) is 40.8 Å². The maximum absolute atomic E-state index is 4.62. The molecule has 0 spiro atoms. The molecule has 0 radical (unpaired) electrons. The van der Waals surface area contributed by atoms with Gasteiger partial charge < -0.3 is 10.2 Å². The molecule has 1 rings (SSSR count). The van der Waals surface area contributed by atoms with Gasteiger partial charge in [0.2, 0.25) is 0 Å². The molecule has 1 aromatic rings. The molecule has 0 bridgehead atoms. The molecule has 88 valence electrons. The van der Waals surface area contributed by atoms with Crippen LogP contribution in [0.25, 0.3) is 0 Å². The largest absolute Gasteiger partial charge is 0.353 e. The van der Waals surface area contributed by atoms with Gasteiger partial charge in [0.25, 0.3) is 0 Å². The third-order valence-corrected chi connectivity index (χ3v) is 2.32. The van der Waals surface area contributed by atoms with Crippen LogP contribution >= 0.6 is 0 Å². The molecule has 0 aliphatic carbocycles. The van der Waals surface area contributed by atoms with Crippen LogP contribution in [0.5, 0.6) is 0 Å². The number of hydrogen-bond acceptors (Lipinski definition) is 3. The molecule has 0 unspecified atom stereocenters. The van der Waals surface area contributed by atoms with Crippen LogP contribution in [0.2, 0.25) is 0 Å². The predicted molar refractivity (Wildman–Crippen MR) is 69.7 cm³/mol. The van der Waals surface area contributed by atoms with E-state index in [9.17, 15) is 0 Å². The zero-order chi connectivity index (χ0) is 11.8. The summed E-state index contributed by atoms with van der Waals surface area (Å²) in [7, 11) is 1.93. The second-order valence-corrected chi connectivity index (χ2v) is 3.75. The second kappa shape index (κ2) is 7.01. The van der Waals surface area contributed by atoms with Gasteiger partial charge in [-0.05, 0) is 25.6 Å². The molecule has 0 aliphatic rings. The van der Waals surface area contributed by atoms with Crippen LogP contribution in [0.4, 0.5) is 5.82 Å². The Bertz CT molecular complexity index is 323. The van der Waals surface area contributed by atoms with E-state index in [4.69, 9.17) is 0 Å². The van der Waals surface area contributed by atoms with Crippen molar-refractivity contribution in [1.29, 1.82) is 0 Å². The normalized spacial score (nSPS) is 10.1. The molecule has 16 heavy (non-hydrogen) atoms. The molecular weight excluding hydrogens is 198 g/mol. The first kappa shape index (κ1) is 12.7. The average molecular weight is 219 g/mol. The third kappa shape index (κ3) is 3.66. The van der Waals surface area contributed by atoms with Crippen LogP contribution in [0.15, 0.2) is 30.9 Å². The van der Waals surface area contributed by atoms with E-state index in [1.807, 2.05) is 19.2 Å². The lowest BCUT2D eigenvalue weighted by Gasteiger charge is -2.21. The van der Waals surface area contributed by atoms with Gasteiger partial charge in [-0.15, -0.1) is 6.58 Å². The van der Waals surface area contributed by atoms with Crippen molar-refractivity contribution in [2.24, 2.45) is 0 Å². The Hall–Kier alpha value is -1.35. The summed E-state index contributed by atoms with van der Waals surface area (Å²) in [5, 5.41) is 3.11. The molecule has 0 aromatic carbocycles. The third-order valence-electron chi connectivity index (χ3n) is 2.32. The van der Waals surface area contributed by atoms with Gasteiger partial charge in [-0.25, -0.2) is 4.98 Å². The number of aromatic nitrogens is 1. The van der Waals surface area contributed by atoms with Gasteiger partial charge in [-0.1, -0.05) is 19.1 Å². The quantitative estimate of drug-likeness (QED) is 0.713. The first-order valence-electron chi connectivity index (χ1n) is 5.78. The molecule has 3 heteroatoms. The lowest BCUT2D eigenvalue weighted by atomic mass is 10.3. The first-order chi connectivity index (χ1) is 7.81. The molecule has 1 aromatic heterocycles. The summed E-state index contributed by atoms with van der Waals surface area (Å²) in [6, 6.07) is 6.15. The molecule has 0 aliphatic heterocycles. The van der Waals surface area contributed by atoms with Gasteiger partial charge in [-0.3, -0.25) is 0 Å². The number of rotatable bonds is 7. The Morgan fingerprint density at radius 1 is 1.50 bits per heavy atom. The minimum absolute atomic E-state index is 0.807. The number of hydrogen-bond donors (Lipinski definition) is 1. The standard InChI is InChI=1S/C13H21N3/c1-4-9-16(10-5-2)13-8-6-7-12(15-13)11-14-3/h4,6-8,14H,1,5,9-11H2,2-3H3. The molecule has 0 fully saturated rings. The number of nitrogens with one attached hydrogen (secondary N) is 1. The summed E-state index contributed by atoms with van der Waals surface area (Å²) >= 11 is 0. The van der Waals surface area contributed by atoms with Gasteiger partial charge >= 0.3 is 0 Å². The Morgan fingerprint density at radius 2 is 2.31 bits per heavy atom. The number of pyridine rings is 1. The fourth-order valence-corrected chi connectivity index (χ4v) is 1.65. The van der Waals surface area contributed by atoms with Gasteiger partial charge in [0, 0.05) is 19.6 Å². The molecule has 0 saturated carbocycles. The van der Waals surface area contributed by atoms with Gasteiger partial charge in [-0.2, -0.15) is 0 Å². The highest BCUT2D eigenvalue weighted by atomic mass is 15.2. The highest BCUT2D eigenvalue weighted by Gasteiger charge is 2.05. The smallest absolute Gasteiger partial charge is 0.129 e. The first-order valence-corrected chi connectivity index (χ1v) is 5.78. The summed E-state index contributed by atoms with van der Waals surface area (Å²) in [5.41, 5.74) is 1.07. The van der Waals surface area contributed by atoms with Crippen molar-refractivity contribution >= 4 is 5.82 Å². The summed E-state index contributed by atoms with van der Waals surface area (Å²) in [5.74, 6) is 1.04. The fraction of sp³-hybridized carbons (Fsp3) is 0.462. The zero-order valence-corrected chi connectivity index (χ0v) is 10.2. The highest BCUT2D eigenvalue weighted by Crippen LogP contribution is 2.11. The van der Waals surface area contributed by atoms with E-state index < -0.39 is 0 Å². The minimum atomic E-state index is 0.807. The maximum atomic E-state index is 4.62. The van der Waals surface area contributed by atoms with Crippen molar-refractivity contribution in [2.45, 2.75) is 19.9 Å². The lowest BCUT2D eigenvalue weighted by Crippen LogP contribution is -2.25. The molecule has 1 N–H and O–H groups in total. The topological polar surface area (TPSA) is 28.2 Å². The summed E-state index contributed by atoms with van der Waals surface area (Å²) < 4.78 is 0. The van der Waals surface area contributed by atoms with Gasteiger partial charge in [0.1, 0.15) is 5.82 Å². The van der Waals surface area contributed by atoms with E-state index in [0.29, 0.717) is 0 Å². The SMILES string of the molecule is C=CCN(CCC)c1cccc(CNC)n1. The second-order valence-electron chi connectivity index (χ2n) is 3.75. The van der Waals surface area contributed by atoms with Gasteiger partial charge in [0.05, 0.1) is 5.69 Å². The Balaban J connectivity index is 2.81. The van der Waals surface area contributed by atoms with Gasteiger partial charge in [0.15, 0.2) is 0 Å². The molecule has 0 atom stereocenters. The van der Waals surface area contributed by atoms with E-state index >= 15 is 0 Å².